The van der Waals surface area contributed by atoms with E-state index in [4.69, 9.17) is 11.6 Å². The normalized spacial score (nSPS) is 38.2. The summed E-state index contributed by atoms with van der Waals surface area (Å²) in [5.41, 5.74) is -0.757. The minimum absolute atomic E-state index is 0.0637. The Morgan fingerprint density at radius 2 is 1.92 bits per heavy atom. The second kappa shape index (κ2) is 3.19. The first-order valence-corrected chi connectivity index (χ1v) is 5.18. The Labute approximate surface area is 80.1 Å². The lowest BCUT2D eigenvalue weighted by atomic mass is 9.68. The summed E-state index contributed by atoms with van der Waals surface area (Å²) < 4.78 is 0. The van der Waals surface area contributed by atoms with Gasteiger partial charge >= 0.3 is 0 Å². The highest BCUT2D eigenvalue weighted by atomic mass is 35.5. The standard InChI is InChI=1S/C10H19ClO/c1-9(2,3)10(12)7-5-4-6-8(10)11/h8,12H,4-7H2,1-3H3. The zero-order valence-electron chi connectivity index (χ0n) is 8.23. The summed E-state index contributed by atoms with van der Waals surface area (Å²) in [6.45, 7) is 6.19. The van der Waals surface area contributed by atoms with Crippen LogP contribution >= 0.6 is 11.6 Å². The van der Waals surface area contributed by atoms with E-state index in [1.165, 1.54) is 0 Å². The number of hydrogen-bond donors (Lipinski definition) is 1. The molecule has 1 N–H and O–H groups in total. The summed E-state index contributed by atoms with van der Waals surface area (Å²) in [7, 11) is 0. The van der Waals surface area contributed by atoms with E-state index < -0.39 is 5.60 Å². The fourth-order valence-electron chi connectivity index (χ4n) is 1.96. The van der Waals surface area contributed by atoms with Gasteiger partial charge in [0.25, 0.3) is 0 Å². The van der Waals surface area contributed by atoms with Gasteiger partial charge in [0, 0.05) is 0 Å². The fourth-order valence-corrected chi connectivity index (χ4v) is 2.55. The van der Waals surface area contributed by atoms with Crippen LogP contribution in [0.25, 0.3) is 0 Å². The smallest absolute Gasteiger partial charge is 0.0858 e. The SMILES string of the molecule is CC(C)(C)C1(O)CCCCC1Cl. The second-order valence-electron chi connectivity index (χ2n) is 4.89. The molecule has 1 aliphatic carbocycles. The predicted octanol–water partition coefficient (Wildman–Crippen LogP) is 2.95. The number of alkyl halides is 1. The molecule has 12 heavy (non-hydrogen) atoms. The average molecular weight is 191 g/mol. The van der Waals surface area contributed by atoms with E-state index in [1.54, 1.807) is 0 Å². The van der Waals surface area contributed by atoms with Gasteiger partial charge in [-0.2, -0.15) is 0 Å². The van der Waals surface area contributed by atoms with Gasteiger partial charge in [-0.15, -0.1) is 11.6 Å². The van der Waals surface area contributed by atoms with Crippen molar-refractivity contribution in [1.29, 1.82) is 0 Å². The largest absolute Gasteiger partial charge is 0.388 e. The van der Waals surface area contributed by atoms with E-state index in [-0.39, 0.29) is 10.8 Å². The molecule has 0 radical (unpaired) electrons. The lowest BCUT2D eigenvalue weighted by Crippen LogP contribution is -2.52. The van der Waals surface area contributed by atoms with E-state index in [0.717, 1.165) is 25.7 Å². The van der Waals surface area contributed by atoms with Crippen molar-refractivity contribution in [2.24, 2.45) is 5.41 Å². The van der Waals surface area contributed by atoms with E-state index >= 15 is 0 Å². The van der Waals surface area contributed by atoms with Gasteiger partial charge in [-0.3, -0.25) is 0 Å². The molecule has 0 aromatic carbocycles. The molecule has 0 bridgehead atoms. The van der Waals surface area contributed by atoms with Crippen molar-refractivity contribution in [1.82, 2.24) is 0 Å². The third-order valence-electron chi connectivity index (χ3n) is 3.08. The Hall–Kier alpha value is 0.250. The molecule has 0 aromatic heterocycles. The molecule has 1 rings (SSSR count). The van der Waals surface area contributed by atoms with Gasteiger partial charge in [-0.25, -0.2) is 0 Å². The Morgan fingerprint density at radius 3 is 2.25 bits per heavy atom. The first kappa shape index (κ1) is 10.3. The summed E-state index contributed by atoms with van der Waals surface area (Å²) in [5.74, 6) is 0. The van der Waals surface area contributed by atoms with Crippen molar-refractivity contribution >= 4 is 11.6 Å². The number of aliphatic hydroxyl groups is 1. The Balaban J connectivity index is 2.79. The van der Waals surface area contributed by atoms with Crippen molar-refractivity contribution in [3.63, 3.8) is 0 Å². The van der Waals surface area contributed by atoms with Crippen LogP contribution in [-0.4, -0.2) is 16.1 Å². The zero-order chi connectivity index (χ0) is 9.41. The Morgan fingerprint density at radius 1 is 1.33 bits per heavy atom. The van der Waals surface area contributed by atoms with Crippen LogP contribution in [0.2, 0.25) is 0 Å². The van der Waals surface area contributed by atoms with Crippen molar-refractivity contribution in [3.8, 4) is 0 Å². The molecule has 0 spiro atoms. The third-order valence-corrected chi connectivity index (χ3v) is 3.66. The molecular weight excluding hydrogens is 172 g/mol. The van der Waals surface area contributed by atoms with Crippen LogP contribution in [0.3, 0.4) is 0 Å². The molecule has 0 saturated heterocycles. The highest BCUT2D eigenvalue weighted by Crippen LogP contribution is 2.44. The molecule has 0 heterocycles. The van der Waals surface area contributed by atoms with Crippen LogP contribution in [-0.2, 0) is 0 Å². The molecule has 1 saturated carbocycles. The molecule has 2 heteroatoms. The molecule has 0 aliphatic heterocycles. The fraction of sp³-hybridized carbons (Fsp3) is 1.00. The first-order valence-electron chi connectivity index (χ1n) is 4.74. The van der Waals surface area contributed by atoms with Gasteiger partial charge in [0.1, 0.15) is 0 Å². The minimum Gasteiger partial charge on any atom is -0.388 e. The van der Waals surface area contributed by atoms with Gasteiger partial charge < -0.3 is 5.11 Å². The van der Waals surface area contributed by atoms with Crippen LogP contribution in [0.4, 0.5) is 0 Å². The maximum atomic E-state index is 10.3. The van der Waals surface area contributed by atoms with Crippen molar-refractivity contribution in [2.45, 2.75) is 57.4 Å². The highest BCUT2D eigenvalue weighted by molar-refractivity contribution is 6.21. The second-order valence-corrected chi connectivity index (χ2v) is 5.41. The van der Waals surface area contributed by atoms with Crippen LogP contribution in [0.1, 0.15) is 46.5 Å². The highest BCUT2D eigenvalue weighted by Gasteiger charge is 2.46. The molecule has 2 unspecified atom stereocenters. The molecular formula is C10H19ClO. The van der Waals surface area contributed by atoms with Gasteiger partial charge in [0.2, 0.25) is 0 Å². The van der Waals surface area contributed by atoms with Crippen molar-refractivity contribution in [2.75, 3.05) is 0 Å². The first-order chi connectivity index (χ1) is 5.38. The number of hydrogen-bond acceptors (Lipinski definition) is 1. The van der Waals surface area contributed by atoms with Gasteiger partial charge in [-0.1, -0.05) is 33.6 Å². The van der Waals surface area contributed by atoms with E-state index in [9.17, 15) is 5.11 Å². The molecule has 1 nitrogen and oxygen atoms in total. The molecule has 1 aliphatic rings. The van der Waals surface area contributed by atoms with Gasteiger partial charge in [0.05, 0.1) is 11.0 Å². The quantitative estimate of drug-likeness (QED) is 0.583. The lowest BCUT2D eigenvalue weighted by Gasteiger charge is -2.46. The molecule has 1 fully saturated rings. The van der Waals surface area contributed by atoms with Crippen LogP contribution in [0.15, 0.2) is 0 Å². The Bertz CT molecular complexity index is 162. The average Bonchev–Trinajstić information content (AvgIpc) is 1.93. The maximum absolute atomic E-state index is 10.3. The van der Waals surface area contributed by atoms with Crippen LogP contribution in [0.5, 0.6) is 0 Å². The molecule has 72 valence electrons. The maximum Gasteiger partial charge on any atom is 0.0858 e. The van der Waals surface area contributed by atoms with E-state index in [2.05, 4.69) is 20.8 Å². The predicted molar refractivity (Wildman–Crippen MR) is 52.5 cm³/mol. The summed E-state index contributed by atoms with van der Waals surface area (Å²) >= 11 is 6.16. The molecule has 0 aromatic rings. The van der Waals surface area contributed by atoms with Gasteiger partial charge in [-0.05, 0) is 18.3 Å². The van der Waals surface area contributed by atoms with Crippen molar-refractivity contribution < 1.29 is 5.11 Å². The summed E-state index contributed by atoms with van der Waals surface area (Å²) in [4.78, 5) is 0. The number of rotatable bonds is 0. The number of halogens is 1. The van der Waals surface area contributed by atoms with Crippen LogP contribution in [0, 0.1) is 5.41 Å². The Kier molecular flexibility index (Phi) is 2.75. The van der Waals surface area contributed by atoms with Gasteiger partial charge in [0.15, 0.2) is 0 Å². The summed E-state index contributed by atoms with van der Waals surface area (Å²) in [6.07, 6.45) is 4.07. The minimum atomic E-state index is -0.660. The summed E-state index contributed by atoms with van der Waals surface area (Å²) in [5, 5.41) is 10.3. The van der Waals surface area contributed by atoms with E-state index in [1.807, 2.05) is 0 Å². The molecule has 2 atom stereocenters. The van der Waals surface area contributed by atoms with Crippen molar-refractivity contribution in [3.05, 3.63) is 0 Å². The molecule has 0 amide bonds. The van der Waals surface area contributed by atoms with E-state index in [0.29, 0.717) is 0 Å². The zero-order valence-corrected chi connectivity index (χ0v) is 8.99. The topological polar surface area (TPSA) is 20.2 Å². The summed E-state index contributed by atoms with van der Waals surface area (Å²) in [6, 6.07) is 0. The van der Waals surface area contributed by atoms with Crippen LogP contribution < -0.4 is 0 Å². The third kappa shape index (κ3) is 1.62. The monoisotopic (exact) mass is 190 g/mol. The lowest BCUT2D eigenvalue weighted by molar-refractivity contribution is -0.0806.